The lowest BCUT2D eigenvalue weighted by Gasteiger charge is -2.15. The molecule has 0 fully saturated rings. The van der Waals surface area contributed by atoms with E-state index in [2.05, 4.69) is 21.2 Å². The quantitative estimate of drug-likeness (QED) is 0.132. The maximum atomic E-state index is 13.2. The first-order chi connectivity index (χ1) is 19.8. The third kappa shape index (κ3) is 8.58. The van der Waals surface area contributed by atoms with E-state index in [-0.39, 0.29) is 18.0 Å². The highest BCUT2D eigenvalue weighted by Gasteiger charge is 2.15. The molecule has 0 heterocycles. The number of nitrogens with one attached hydrogen (secondary N) is 1. The molecule has 0 aliphatic carbocycles. The Morgan fingerprint density at radius 1 is 0.951 bits per heavy atom. The van der Waals surface area contributed by atoms with Crippen molar-refractivity contribution in [3.05, 3.63) is 123 Å². The van der Waals surface area contributed by atoms with Crippen LogP contribution in [0, 0.1) is 17.1 Å². The lowest BCUT2D eigenvalue weighted by molar-refractivity contribution is -0.112. The number of rotatable bonds is 11. The minimum absolute atomic E-state index is 0.0950. The van der Waals surface area contributed by atoms with Gasteiger partial charge < -0.3 is 19.5 Å². The number of amides is 1. The number of anilines is 1. The van der Waals surface area contributed by atoms with E-state index in [0.717, 1.165) is 11.1 Å². The average Bonchev–Trinajstić information content (AvgIpc) is 2.97. The van der Waals surface area contributed by atoms with E-state index >= 15 is 0 Å². The summed E-state index contributed by atoms with van der Waals surface area (Å²) in [6.45, 7) is 2.78. The van der Waals surface area contributed by atoms with Crippen LogP contribution in [0.15, 0.2) is 95.0 Å². The van der Waals surface area contributed by atoms with Crippen LogP contribution in [0.3, 0.4) is 0 Å². The molecule has 0 bridgehead atoms. The van der Waals surface area contributed by atoms with Crippen molar-refractivity contribution in [1.82, 2.24) is 0 Å². The molecule has 0 radical (unpaired) electrons. The van der Waals surface area contributed by atoms with Gasteiger partial charge in [-0.05, 0) is 106 Å². The maximum Gasteiger partial charge on any atom is 0.266 e. The topological polar surface area (TPSA) is 80.6 Å². The number of ether oxygens (including phenoxy) is 3. The molecule has 0 atom stereocenters. The van der Waals surface area contributed by atoms with E-state index in [1.807, 2.05) is 25.1 Å². The number of nitrogens with zero attached hydrogens (tertiary/aromatic N) is 1. The summed E-state index contributed by atoms with van der Waals surface area (Å²) in [4.78, 5) is 12.9. The average molecular weight is 636 g/mol. The Kier molecular flexibility index (Phi) is 10.4. The zero-order chi connectivity index (χ0) is 29.2. The molecule has 1 N–H and O–H groups in total. The summed E-state index contributed by atoms with van der Waals surface area (Å²) < 4.78 is 31.3. The number of nitriles is 1. The predicted molar refractivity (Wildman–Crippen MR) is 160 cm³/mol. The Labute approximate surface area is 251 Å². The van der Waals surface area contributed by atoms with Crippen LogP contribution >= 0.6 is 27.5 Å². The Morgan fingerprint density at radius 2 is 1.59 bits per heavy atom. The van der Waals surface area contributed by atoms with E-state index in [1.165, 1.54) is 18.2 Å². The van der Waals surface area contributed by atoms with Gasteiger partial charge in [0.2, 0.25) is 0 Å². The Hall–Kier alpha value is -4.32. The third-order valence-corrected chi connectivity index (χ3v) is 6.58. The molecule has 1 amide bonds. The summed E-state index contributed by atoms with van der Waals surface area (Å²) >= 11 is 9.41. The van der Waals surface area contributed by atoms with Gasteiger partial charge in [-0.3, -0.25) is 4.79 Å². The molecule has 9 heteroatoms. The zero-order valence-electron chi connectivity index (χ0n) is 22.0. The lowest BCUT2D eigenvalue weighted by atomic mass is 10.1. The summed E-state index contributed by atoms with van der Waals surface area (Å²) in [7, 11) is 0. The fraction of sp³-hybridized carbons (Fsp3) is 0.125. The molecule has 4 aromatic rings. The van der Waals surface area contributed by atoms with E-state index in [0.29, 0.717) is 51.2 Å². The highest BCUT2D eigenvalue weighted by Crippen LogP contribution is 2.38. The van der Waals surface area contributed by atoms with Crippen molar-refractivity contribution < 1.29 is 23.4 Å². The molecule has 0 aliphatic heterocycles. The van der Waals surface area contributed by atoms with Gasteiger partial charge in [-0.15, -0.1) is 0 Å². The number of hydrogen-bond donors (Lipinski definition) is 1. The number of halogens is 3. The standard InChI is InChI=1S/C32H25BrClFN2O4/c1-2-39-30-17-23(16-29(33)31(30)41-20-22-5-9-26(35)10-6-22)15-24(18-36)32(38)37-27-11-13-28(14-12-27)40-19-21-3-7-25(34)8-4-21/h3-17H,2,19-20H2,1H3,(H,37,38)/b24-15+. The van der Waals surface area contributed by atoms with Crippen LogP contribution < -0.4 is 19.5 Å². The van der Waals surface area contributed by atoms with Crippen molar-refractivity contribution in [3.63, 3.8) is 0 Å². The molecule has 208 valence electrons. The van der Waals surface area contributed by atoms with Crippen molar-refractivity contribution in [2.75, 3.05) is 11.9 Å². The van der Waals surface area contributed by atoms with E-state index in [9.17, 15) is 14.4 Å². The molecule has 4 aromatic carbocycles. The second-order valence-electron chi connectivity index (χ2n) is 8.74. The van der Waals surface area contributed by atoms with Crippen LogP contribution in [0.1, 0.15) is 23.6 Å². The van der Waals surface area contributed by atoms with Gasteiger partial charge in [0.25, 0.3) is 5.91 Å². The number of hydrogen-bond acceptors (Lipinski definition) is 5. The van der Waals surface area contributed by atoms with Crippen molar-refractivity contribution in [2.45, 2.75) is 20.1 Å². The monoisotopic (exact) mass is 634 g/mol. The molecule has 41 heavy (non-hydrogen) atoms. The van der Waals surface area contributed by atoms with Crippen LogP contribution in [-0.4, -0.2) is 12.5 Å². The summed E-state index contributed by atoms with van der Waals surface area (Å²) in [6.07, 6.45) is 1.47. The maximum absolute atomic E-state index is 13.2. The third-order valence-electron chi connectivity index (χ3n) is 5.74. The Balaban J connectivity index is 1.43. The van der Waals surface area contributed by atoms with Gasteiger partial charge in [-0.1, -0.05) is 35.9 Å². The second-order valence-corrected chi connectivity index (χ2v) is 10.0. The highest BCUT2D eigenvalue weighted by molar-refractivity contribution is 9.10. The minimum atomic E-state index is -0.562. The largest absolute Gasteiger partial charge is 0.490 e. The minimum Gasteiger partial charge on any atom is -0.490 e. The van der Waals surface area contributed by atoms with Gasteiger partial charge in [0.15, 0.2) is 11.5 Å². The van der Waals surface area contributed by atoms with Crippen molar-refractivity contribution in [3.8, 4) is 23.3 Å². The molecule has 0 aromatic heterocycles. The van der Waals surface area contributed by atoms with Crippen molar-refractivity contribution in [1.29, 1.82) is 5.26 Å². The molecule has 0 saturated heterocycles. The van der Waals surface area contributed by atoms with Gasteiger partial charge >= 0.3 is 0 Å². The number of carbonyl (C=O) groups excluding carboxylic acids is 1. The zero-order valence-corrected chi connectivity index (χ0v) is 24.3. The van der Waals surface area contributed by atoms with Gasteiger partial charge in [-0.25, -0.2) is 4.39 Å². The fourth-order valence-corrected chi connectivity index (χ4v) is 4.41. The van der Waals surface area contributed by atoms with Gasteiger partial charge in [0.1, 0.15) is 36.4 Å². The van der Waals surface area contributed by atoms with E-state index in [1.54, 1.807) is 60.7 Å². The van der Waals surface area contributed by atoms with Gasteiger partial charge in [-0.2, -0.15) is 5.26 Å². The van der Waals surface area contributed by atoms with Crippen LogP contribution in [0.25, 0.3) is 6.08 Å². The Morgan fingerprint density at radius 3 is 2.22 bits per heavy atom. The molecule has 0 unspecified atom stereocenters. The van der Waals surface area contributed by atoms with Crippen LogP contribution in [0.4, 0.5) is 10.1 Å². The first kappa shape index (κ1) is 29.7. The van der Waals surface area contributed by atoms with Crippen molar-refractivity contribution >= 4 is 45.2 Å². The summed E-state index contributed by atoms with van der Waals surface area (Å²) in [5, 5.41) is 13.1. The first-order valence-corrected chi connectivity index (χ1v) is 13.8. The Bertz CT molecular complexity index is 1570. The molecular formula is C32H25BrClFN2O4. The second kappa shape index (κ2) is 14.4. The predicted octanol–water partition coefficient (Wildman–Crippen LogP) is 8.34. The van der Waals surface area contributed by atoms with E-state index in [4.69, 9.17) is 25.8 Å². The smallest absolute Gasteiger partial charge is 0.266 e. The molecule has 0 aliphatic rings. The van der Waals surface area contributed by atoms with Crippen LogP contribution in [0.2, 0.25) is 5.02 Å². The highest BCUT2D eigenvalue weighted by atomic mass is 79.9. The molecule has 4 rings (SSSR count). The molecule has 0 saturated carbocycles. The van der Waals surface area contributed by atoms with Crippen molar-refractivity contribution in [2.24, 2.45) is 0 Å². The van der Waals surface area contributed by atoms with Crippen LogP contribution in [-0.2, 0) is 18.0 Å². The SMILES string of the molecule is CCOc1cc(/C=C(\C#N)C(=O)Nc2ccc(OCc3ccc(Cl)cc3)cc2)cc(Br)c1OCc1ccc(F)cc1. The van der Waals surface area contributed by atoms with Gasteiger partial charge in [0, 0.05) is 10.7 Å². The van der Waals surface area contributed by atoms with E-state index < -0.39 is 5.91 Å². The summed E-state index contributed by atoms with van der Waals surface area (Å²) in [5.41, 5.74) is 2.74. The molecule has 0 spiro atoms. The first-order valence-electron chi connectivity index (χ1n) is 12.6. The number of benzene rings is 4. The lowest BCUT2D eigenvalue weighted by Crippen LogP contribution is -2.13. The van der Waals surface area contributed by atoms with Crippen LogP contribution in [0.5, 0.6) is 17.2 Å². The fourth-order valence-electron chi connectivity index (χ4n) is 3.71. The number of carbonyl (C=O) groups is 1. The summed E-state index contributed by atoms with van der Waals surface area (Å²) in [6, 6.07) is 25.6. The molecule has 6 nitrogen and oxygen atoms in total. The van der Waals surface area contributed by atoms with Gasteiger partial charge in [0.05, 0.1) is 11.1 Å². The molecular weight excluding hydrogens is 611 g/mol. The summed E-state index contributed by atoms with van der Waals surface area (Å²) in [5.74, 6) is 0.628. The normalized spacial score (nSPS) is 11.0.